The van der Waals surface area contributed by atoms with Gasteiger partial charge >= 0.3 is 6.03 Å². The summed E-state index contributed by atoms with van der Waals surface area (Å²) in [5.74, 6) is -0.334. The molecule has 2 aromatic carbocycles. The van der Waals surface area contributed by atoms with Crippen LogP contribution in [0.3, 0.4) is 0 Å². The first-order chi connectivity index (χ1) is 12.2. The van der Waals surface area contributed by atoms with Crippen LogP contribution in [-0.4, -0.2) is 25.0 Å². The van der Waals surface area contributed by atoms with Gasteiger partial charge in [-0.2, -0.15) is 0 Å². The fraction of sp³-hybridized carbons (Fsp3) is 0.200. The van der Waals surface area contributed by atoms with E-state index in [0.717, 1.165) is 23.6 Å². The number of rotatable bonds is 3. The number of carbonyl (C=O) groups excluding carboxylic acids is 2. The predicted molar refractivity (Wildman–Crippen MR) is 98.3 cm³/mol. The molecule has 2 aliphatic heterocycles. The van der Waals surface area contributed by atoms with Gasteiger partial charge in [-0.1, -0.05) is 30.3 Å². The van der Waals surface area contributed by atoms with Gasteiger partial charge in [0.15, 0.2) is 0 Å². The first-order valence-electron chi connectivity index (χ1n) is 8.49. The van der Waals surface area contributed by atoms with Crippen LogP contribution < -0.4 is 15.1 Å². The Kier molecular flexibility index (Phi) is 3.98. The summed E-state index contributed by atoms with van der Waals surface area (Å²) in [6.07, 6.45) is 4.19. The summed E-state index contributed by atoms with van der Waals surface area (Å²) in [5, 5.41) is 2.66. The Labute approximate surface area is 146 Å². The Bertz CT molecular complexity index is 822. The molecule has 2 fully saturated rings. The minimum Gasteiger partial charge on any atom is -0.372 e. The van der Waals surface area contributed by atoms with E-state index in [4.69, 9.17) is 0 Å². The zero-order valence-electron chi connectivity index (χ0n) is 13.8. The lowest BCUT2D eigenvalue weighted by molar-refractivity contribution is -0.113. The number of nitrogens with zero attached hydrogens (tertiary/aromatic N) is 2. The molecule has 0 unspecified atom stereocenters. The molecule has 25 heavy (non-hydrogen) atoms. The molecule has 2 heterocycles. The van der Waals surface area contributed by atoms with Gasteiger partial charge in [-0.3, -0.25) is 4.79 Å². The highest BCUT2D eigenvalue weighted by atomic mass is 16.2. The number of hydrogen-bond acceptors (Lipinski definition) is 3. The average molecular weight is 333 g/mol. The second-order valence-electron chi connectivity index (χ2n) is 6.25. The van der Waals surface area contributed by atoms with Crippen LogP contribution in [0.2, 0.25) is 0 Å². The summed E-state index contributed by atoms with van der Waals surface area (Å²) >= 11 is 0. The molecular formula is C20H19N3O2. The van der Waals surface area contributed by atoms with E-state index in [2.05, 4.69) is 22.3 Å². The zero-order chi connectivity index (χ0) is 17.2. The second kappa shape index (κ2) is 6.43. The van der Waals surface area contributed by atoms with Crippen molar-refractivity contribution in [3.63, 3.8) is 0 Å². The summed E-state index contributed by atoms with van der Waals surface area (Å²) in [6, 6.07) is 16.6. The minimum atomic E-state index is -0.420. The Morgan fingerprint density at radius 1 is 0.840 bits per heavy atom. The third-order valence-corrected chi connectivity index (χ3v) is 4.57. The molecule has 0 spiro atoms. The van der Waals surface area contributed by atoms with Gasteiger partial charge < -0.3 is 10.2 Å². The van der Waals surface area contributed by atoms with E-state index in [0.29, 0.717) is 11.4 Å². The van der Waals surface area contributed by atoms with Crippen LogP contribution >= 0.6 is 0 Å². The zero-order valence-corrected chi connectivity index (χ0v) is 13.8. The molecule has 126 valence electrons. The summed E-state index contributed by atoms with van der Waals surface area (Å²) in [4.78, 5) is 28.2. The molecule has 2 aliphatic rings. The van der Waals surface area contributed by atoms with Gasteiger partial charge in [0.05, 0.1) is 5.69 Å². The summed E-state index contributed by atoms with van der Waals surface area (Å²) in [6.45, 7) is 2.20. The van der Waals surface area contributed by atoms with Gasteiger partial charge in [-0.05, 0) is 48.7 Å². The maximum atomic E-state index is 12.6. The van der Waals surface area contributed by atoms with Crippen LogP contribution in [0.15, 0.2) is 60.3 Å². The van der Waals surface area contributed by atoms with Gasteiger partial charge in [0, 0.05) is 18.8 Å². The normalized spacial score (nSPS) is 19.0. The van der Waals surface area contributed by atoms with Gasteiger partial charge in [-0.25, -0.2) is 9.69 Å². The van der Waals surface area contributed by atoms with Crippen LogP contribution in [0.25, 0.3) is 6.08 Å². The van der Waals surface area contributed by atoms with Gasteiger partial charge in [0.2, 0.25) is 0 Å². The molecule has 0 aliphatic carbocycles. The van der Waals surface area contributed by atoms with Crippen molar-refractivity contribution >= 4 is 29.4 Å². The predicted octanol–water partition coefficient (Wildman–Crippen LogP) is 3.38. The smallest absolute Gasteiger partial charge is 0.333 e. The highest BCUT2D eigenvalue weighted by molar-refractivity contribution is 6.28. The van der Waals surface area contributed by atoms with Crippen LogP contribution in [0.5, 0.6) is 0 Å². The molecule has 0 aromatic heterocycles. The Morgan fingerprint density at radius 3 is 2.20 bits per heavy atom. The molecule has 2 aromatic rings. The second-order valence-corrected chi connectivity index (χ2v) is 6.25. The number of hydrogen-bond donors (Lipinski definition) is 1. The Morgan fingerprint density at radius 2 is 1.52 bits per heavy atom. The van der Waals surface area contributed by atoms with E-state index in [1.54, 1.807) is 30.3 Å². The summed E-state index contributed by atoms with van der Waals surface area (Å²) < 4.78 is 0. The van der Waals surface area contributed by atoms with Crippen molar-refractivity contribution in [2.75, 3.05) is 22.9 Å². The van der Waals surface area contributed by atoms with E-state index < -0.39 is 6.03 Å². The van der Waals surface area contributed by atoms with Gasteiger partial charge in [0.1, 0.15) is 5.70 Å². The van der Waals surface area contributed by atoms with Crippen LogP contribution in [0, 0.1) is 0 Å². The fourth-order valence-electron chi connectivity index (χ4n) is 3.27. The number of imide groups is 1. The lowest BCUT2D eigenvalue weighted by Gasteiger charge is -2.17. The molecule has 0 radical (unpaired) electrons. The first-order valence-corrected chi connectivity index (χ1v) is 8.49. The SMILES string of the molecule is O=C1N/C(=C\c2ccc(N3CCCC3)cc2)C(=O)N1c1ccccc1. The molecule has 4 rings (SSSR count). The molecular weight excluding hydrogens is 314 g/mol. The first kappa shape index (κ1) is 15.4. The number of urea groups is 1. The van der Waals surface area contributed by atoms with Gasteiger partial charge in [0.25, 0.3) is 5.91 Å². The molecule has 2 saturated heterocycles. The molecule has 0 saturated carbocycles. The van der Waals surface area contributed by atoms with E-state index in [-0.39, 0.29) is 5.91 Å². The standard InChI is InChI=1S/C20H19N3O2/c24-19-18(21-20(25)23(19)17-6-2-1-3-7-17)14-15-8-10-16(11-9-15)22-12-4-5-13-22/h1-3,6-11,14H,4-5,12-13H2,(H,21,25)/b18-14-. The third kappa shape index (κ3) is 3.01. The number of carbonyl (C=O) groups is 2. The number of anilines is 2. The van der Waals surface area contributed by atoms with Crippen molar-refractivity contribution in [1.82, 2.24) is 5.32 Å². The van der Waals surface area contributed by atoms with E-state index in [1.807, 2.05) is 18.2 Å². The molecule has 0 atom stereocenters. The molecule has 3 amide bonds. The average Bonchev–Trinajstić information content (AvgIpc) is 3.26. The fourth-order valence-corrected chi connectivity index (χ4v) is 3.27. The molecule has 5 heteroatoms. The number of para-hydroxylation sites is 1. The monoisotopic (exact) mass is 333 g/mol. The van der Waals surface area contributed by atoms with Crippen LogP contribution in [0.1, 0.15) is 18.4 Å². The van der Waals surface area contributed by atoms with Crippen molar-refractivity contribution in [2.45, 2.75) is 12.8 Å². The summed E-state index contributed by atoms with van der Waals surface area (Å²) in [5.41, 5.74) is 2.95. The molecule has 1 N–H and O–H groups in total. The van der Waals surface area contributed by atoms with Crippen molar-refractivity contribution in [2.24, 2.45) is 0 Å². The topological polar surface area (TPSA) is 52.7 Å². The number of nitrogens with one attached hydrogen (secondary N) is 1. The summed E-state index contributed by atoms with van der Waals surface area (Å²) in [7, 11) is 0. The lowest BCUT2D eigenvalue weighted by atomic mass is 10.1. The van der Waals surface area contributed by atoms with Crippen molar-refractivity contribution in [3.8, 4) is 0 Å². The maximum Gasteiger partial charge on any atom is 0.333 e. The Balaban J connectivity index is 1.55. The lowest BCUT2D eigenvalue weighted by Crippen LogP contribution is -2.30. The third-order valence-electron chi connectivity index (χ3n) is 4.57. The van der Waals surface area contributed by atoms with E-state index in [1.165, 1.54) is 18.5 Å². The maximum absolute atomic E-state index is 12.6. The quantitative estimate of drug-likeness (QED) is 0.692. The number of amides is 3. The van der Waals surface area contributed by atoms with Crippen molar-refractivity contribution < 1.29 is 9.59 Å². The highest BCUT2D eigenvalue weighted by Crippen LogP contribution is 2.24. The number of benzene rings is 2. The minimum absolute atomic E-state index is 0.294. The van der Waals surface area contributed by atoms with Crippen LogP contribution in [0.4, 0.5) is 16.2 Å². The molecule has 0 bridgehead atoms. The van der Waals surface area contributed by atoms with Gasteiger partial charge in [-0.15, -0.1) is 0 Å². The van der Waals surface area contributed by atoms with E-state index in [9.17, 15) is 9.59 Å². The Hall–Kier alpha value is -3.08. The molecule has 5 nitrogen and oxygen atoms in total. The largest absolute Gasteiger partial charge is 0.372 e. The van der Waals surface area contributed by atoms with E-state index >= 15 is 0 Å². The van der Waals surface area contributed by atoms with Crippen molar-refractivity contribution in [1.29, 1.82) is 0 Å². The highest BCUT2D eigenvalue weighted by Gasteiger charge is 2.34. The van der Waals surface area contributed by atoms with Crippen molar-refractivity contribution in [3.05, 3.63) is 65.9 Å². The van der Waals surface area contributed by atoms with Crippen LogP contribution in [-0.2, 0) is 4.79 Å².